The molecule has 0 spiro atoms. The van der Waals surface area contributed by atoms with E-state index in [1.54, 1.807) is 26.0 Å². The number of esters is 2. The summed E-state index contributed by atoms with van der Waals surface area (Å²) in [4.78, 5) is 25.3. The van der Waals surface area contributed by atoms with Gasteiger partial charge in [0.15, 0.2) is 0 Å². The lowest BCUT2D eigenvalue weighted by Gasteiger charge is -2.31. The molecule has 23 heavy (non-hydrogen) atoms. The number of nitrogens with one attached hydrogen (secondary N) is 1. The molecule has 0 unspecified atom stereocenters. The van der Waals surface area contributed by atoms with Gasteiger partial charge in [0, 0.05) is 17.0 Å². The Morgan fingerprint density at radius 3 is 2.17 bits per heavy atom. The Hall–Kier alpha value is -1.59. The predicted molar refractivity (Wildman–Crippen MR) is 87.4 cm³/mol. The number of halogens is 1. The molecule has 2 atom stereocenters. The van der Waals surface area contributed by atoms with E-state index in [1.165, 1.54) is 0 Å². The molecule has 0 aromatic heterocycles. The van der Waals surface area contributed by atoms with Crippen LogP contribution in [-0.4, -0.2) is 36.7 Å². The van der Waals surface area contributed by atoms with Gasteiger partial charge in [-0.25, -0.2) is 9.59 Å². The molecule has 1 N–H and O–H groups in total. The molecule has 0 bridgehead atoms. The van der Waals surface area contributed by atoms with Crippen LogP contribution in [0.25, 0.3) is 0 Å². The quantitative estimate of drug-likeness (QED) is 0.660. The molecule has 0 aliphatic carbocycles. The van der Waals surface area contributed by atoms with Gasteiger partial charge in [-0.05, 0) is 44.9 Å². The van der Waals surface area contributed by atoms with Crippen LogP contribution in [0.1, 0.15) is 38.7 Å². The lowest BCUT2D eigenvalue weighted by atomic mass is 9.80. The van der Waals surface area contributed by atoms with E-state index in [4.69, 9.17) is 21.1 Å². The minimum absolute atomic E-state index is 0.0236. The largest absolute Gasteiger partial charge is 0.464 e. The monoisotopic (exact) mass is 339 g/mol. The van der Waals surface area contributed by atoms with E-state index >= 15 is 0 Å². The Kier molecular flexibility index (Phi) is 5.65. The van der Waals surface area contributed by atoms with Gasteiger partial charge in [-0.1, -0.05) is 23.7 Å². The highest BCUT2D eigenvalue weighted by Crippen LogP contribution is 2.41. The van der Waals surface area contributed by atoms with Gasteiger partial charge in [0.25, 0.3) is 0 Å². The maximum Gasteiger partial charge on any atom is 0.338 e. The summed E-state index contributed by atoms with van der Waals surface area (Å²) in [6.07, 6.45) is 0.624. The highest BCUT2D eigenvalue weighted by Gasteiger charge is 2.60. The molecular weight excluding hydrogens is 318 g/mol. The van der Waals surface area contributed by atoms with Crippen LogP contribution in [-0.2, 0) is 19.1 Å². The predicted octanol–water partition coefficient (Wildman–Crippen LogP) is 2.67. The minimum atomic E-state index is -1.51. The Bertz CT molecular complexity index is 554. The molecule has 1 saturated heterocycles. The molecule has 0 saturated carbocycles. The van der Waals surface area contributed by atoms with E-state index < -0.39 is 17.5 Å². The van der Waals surface area contributed by atoms with Crippen LogP contribution in [0.2, 0.25) is 5.02 Å². The molecule has 0 amide bonds. The Labute approximate surface area is 141 Å². The van der Waals surface area contributed by atoms with Crippen molar-refractivity contribution < 1.29 is 19.1 Å². The highest BCUT2D eigenvalue weighted by atomic mass is 35.5. The summed E-state index contributed by atoms with van der Waals surface area (Å²) >= 11 is 5.94. The Morgan fingerprint density at radius 2 is 1.70 bits per heavy atom. The number of hydrogen-bond donors (Lipinski definition) is 1. The van der Waals surface area contributed by atoms with Crippen LogP contribution >= 0.6 is 11.6 Å². The number of carbonyl (C=O) groups excluding carboxylic acids is 2. The van der Waals surface area contributed by atoms with Gasteiger partial charge in [0.2, 0.25) is 5.54 Å². The lowest BCUT2D eigenvalue weighted by molar-refractivity contribution is -0.166. The Morgan fingerprint density at radius 1 is 1.17 bits per heavy atom. The highest BCUT2D eigenvalue weighted by molar-refractivity contribution is 6.30. The van der Waals surface area contributed by atoms with Crippen LogP contribution in [0.15, 0.2) is 24.3 Å². The molecule has 1 heterocycles. The van der Waals surface area contributed by atoms with E-state index in [2.05, 4.69) is 5.32 Å². The molecule has 1 aliphatic rings. The number of ether oxygens (including phenoxy) is 2. The van der Waals surface area contributed by atoms with Gasteiger partial charge in [0.05, 0.1) is 13.2 Å². The van der Waals surface area contributed by atoms with E-state index in [0.717, 1.165) is 5.56 Å². The molecule has 1 aromatic carbocycles. The molecule has 5 nitrogen and oxygen atoms in total. The normalized spacial score (nSPS) is 22.6. The van der Waals surface area contributed by atoms with Crippen molar-refractivity contribution in [2.45, 2.75) is 44.7 Å². The van der Waals surface area contributed by atoms with Crippen LogP contribution in [0.3, 0.4) is 0 Å². The molecule has 6 heteroatoms. The van der Waals surface area contributed by atoms with Gasteiger partial charge in [0.1, 0.15) is 0 Å². The summed E-state index contributed by atoms with van der Waals surface area (Å²) in [5.41, 5.74) is -0.661. The molecule has 1 aromatic rings. The first-order valence-corrected chi connectivity index (χ1v) is 8.21. The molecule has 1 fully saturated rings. The molecule has 126 valence electrons. The lowest BCUT2D eigenvalue weighted by Crippen LogP contribution is -2.60. The first kappa shape index (κ1) is 17.8. The van der Waals surface area contributed by atoms with Gasteiger partial charge in [-0.15, -0.1) is 0 Å². The summed E-state index contributed by atoms with van der Waals surface area (Å²) in [5.74, 6) is -1.56. The third-order valence-corrected chi connectivity index (χ3v) is 4.31. The van der Waals surface area contributed by atoms with Gasteiger partial charge < -0.3 is 9.47 Å². The second-order valence-corrected chi connectivity index (χ2v) is 6.07. The van der Waals surface area contributed by atoms with Gasteiger partial charge >= 0.3 is 11.9 Å². The molecule has 1 aliphatic heterocycles. The zero-order chi connectivity index (χ0) is 17.0. The van der Waals surface area contributed by atoms with Crippen LogP contribution < -0.4 is 5.32 Å². The fourth-order valence-electron chi connectivity index (χ4n) is 3.14. The SMILES string of the molecule is CCOC(=O)C1(C(=O)OCC)N[C@@H](C)C[C@H]1c1ccc(Cl)cc1. The number of hydrogen-bond acceptors (Lipinski definition) is 5. The summed E-state index contributed by atoms with van der Waals surface area (Å²) in [5, 5.41) is 3.72. The molecule has 2 rings (SSSR count). The first-order chi connectivity index (χ1) is 11.0. The average Bonchev–Trinajstić information content (AvgIpc) is 2.87. The maximum absolute atomic E-state index is 12.7. The summed E-state index contributed by atoms with van der Waals surface area (Å²) < 4.78 is 10.4. The van der Waals surface area contributed by atoms with Crippen LogP contribution in [0.4, 0.5) is 0 Å². The smallest absolute Gasteiger partial charge is 0.338 e. The zero-order valence-electron chi connectivity index (χ0n) is 13.6. The van der Waals surface area contributed by atoms with E-state index in [1.807, 2.05) is 19.1 Å². The van der Waals surface area contributed by atoms with Crippen molar-refractivity contribution in [1.29, 1.82) is 0 Å². The van der Waals surface area contributed by atoms with Crippen molar-refractivity contribution in [3.8, 4) is 0 Å². The third-order valence-electron chi connectivity index (χ3n) is 4.05. The van der Waals surface area contributed by atoms with Gasteiger partial charge in [-0.3, -0.25) is 5.32 Å². The summed E-state index contributed by atoms with van der Waals surface area (Å²) in [6.45, 7) is 5.76. The van der Waals surface area contributed by atoms with Crippen LogP contribution in [0, 0.1) is 0 Å². The zero-order valence-corrected chi connectivity index (χ0v) is 14.4. The standard InChI is InChI=1S/C17H22ClNO4/c1-4-22-15(20)17(16(21)23-5-2)14(10-11(3)19-17)12-6-8-13(18)9-7-12/h6-9,11,14,19H,4-5,10H2,1-3H3/t11-,14-/m0/s1. The van der Waals surface area contributed by atoms with Crippen molar-refractivity contribution in [3.05, 3.63) is 34.9 Å². The van der Waals surface area contributed by atoms with E-state index in [9.17, 15) is 9.59 Å². The van der Waals surface area contributed by atoms with E-state index in [-0.39, 0.29) is 25.2 Å². The van der Waals surface area contributed by atoms with E-state index in [0.29, 0.717) is 11.4 Å². The number of carbonyl (C=O) groups is 2. The van der Waals surface area contributed by atoms with Crippen molar-refractivity contribution >= 4 is 23.5 Å². The summed E-state index contributed by atoms with van der Waals surface area (Å²) in [7, 11) is 0. The first-order valence-electron chi connectivity index (χ1n) is 7.83. The van der Waals surface area contributed by atoms with Crippen molar-refractivity contribution in [2.24, 2.45) is 0 Å². The van der Waals surface area contributed by atoms with Crippen molar-refractivity contribution in [1.82, 2.24) is 5.32 Å². The number of rotatable bonds is 5. The second-order valence-electron chi connectivity index (χ2n) is 5.63. The van der Waals surface area contributed by atoms with Crippen molar-refractivity contribution in [3.63, 3.8) is 0 Å². The number of benzene rings is 1. The Balaban J connectivity index is 2.49. The van der Waals surface area contributed by atoms with Crippen LogP contribution in [0.5, 0.6) is 0 Å². The average molecular weight is 340 g/mol. The fraction of sp³-hybridized carbons (Fsp3) is 0.529. The molecule has 0 radical (unpaired) electrons. The minimum Gasteiger partial charge on any atom is -0.464 e. The maximum atomic E-state index is 12.7. The third kappa shape index (κ3) is 3.35. The topological polar surface area (TPSA) is 64.6 Å². The summed E-state index contributed by atoms with van der Waals surface area (Å²) in [6, 6.07) is 7.14. The molecular formula is C17H22ClNO4. The van der Waals surface area contributed by atoms with Crippen molar-refractivity contribution in [2.75, 3.05) is 13.2 Å². The fourth-order valence-corrected chi connectivity index (χ4v) is 3.26. The second kappa shape index (κ2) is 7.32. The van der Waals surface area contributed by atoms with Gasteiger partial charge in [-0.2, -0.15) is 0 Å².